The average Bonchev–Trinajstić information content (AvgIpc) is 3.43. The van der Waals surface area contributed by atoms with Crippen LogP contribution in [0.25, 0.3) is 11.1 Å². The summed E-state index contributed by atoms with van der Waals surface area (Å²) in [6, 6.07) is 16.6. The van der Waals surface area contributed by atoms with Gasteiger partial charge in [0.15, 0.2) is 0 Å². The van der Waals surface area contributed by atoms with Gasteiger partial charge in [-0.25, -0.2) is 4.79 Å². The Balaban J connectivity index is 0.986. The third kappa shape index (κ3) is 17.3. The molecule has 0 bridgehead atoms. The number of hydrogen-bond acceptors (Lipinski definition) is 6. The standard InChI is InChI=1S/C41H65NO6/c1-2-3-4-5-6-7-8-9-10-11-12-13-14-15-16-21-27-44-29-31-46-33-34-47-32-30-45-28-26-42-41(43)48-35-40-38-24-19-17-22-36(38)37-23-18-20-25-39(37)40/h17-20,22-25,40H,2-16,21,26-35H2,1H3,(H,42,43). The maximum absolute atomic E-state index is 12.2. The molecule has 0 spiro atoms. The molecule has 270 valence electrons. The van der Waals surface area contributed by atoms with E-state index in [1.54, 1.807) is 0 Å². The smallest absolute Gasteiger partial charge is 0.407 e. The summed E-state index contributed by atoms with van der Waals surface area (Å²) in [4.78, 5) is 12.2. The fourth-order valence-electron chi connectivity index (χ4n) is 6.39. The molecule has 0 aromatic heterocycles. The molecule has 0 aliphatic heterocycles. The highest BCUT2D eigenvalue weighted by Gasteiger charge is 2.28. The van der Waals surface area contributed by atoms with E-state index in [0.717, 1.165) is 13.0 Å². The number of alkyl carbamates (subject to hydrolysis) is 1. The lowest BCUT2D eigenvalue weighted by molar-refractivity contribution is -0.00181. The van der Waals surface area contributed by atoms with Crippen LogP contribution in [-0.4, -0.2) is 72.1 Å². The number of unbranched alkanes of at least 4 members (excludes halogenated alkanes) is 15. The molecule has 2 aromatic rings. The van der Waals surface area contributed by atoms with Gasteiger partial charge < -0.3 is 29.0 Å². The molecule has 3 rings (SSSR count). The number of nitrogens with one attached hydrogen (secondary N) is 1. The predicted octanol–water partition coefficient (Wildman–Crippen LogP) is 9.85. The largest absolute Gasteiger partial charge is 0.449 e. The van der Waals surface area contributed by atoms with Gasteiger partial charge in [0.1, 0.15) is 6.61 Å². The molecule has 0 fully saturated rings. The van der Waals surface area contributed by atoms with E-state index in [4.69, 9.17) is 23.7 Å². The van der Waals surface area contributed by atoms with Crippen LogP contribution in [0.15, 0.2) is 48.5 Å². The van der Waals surface area contributed by atoms with Crippen molar-refractivity contribution in [2.24, 2.45) is 0 Å². The number of ether oxygens (including phenoxy) is 5. The Kier molecular flexibility index (Phi) is 22.8. The molecular formula is C41H65NO6. The van der Waals surface area contributed by atoms with Crippen molar-refractivity contribution in [3.05, 3.63) is 59.7 Å². The highest BCUT2D eigenvalue weighted by atomic mass is 16.6. The van der Waals surface area contributed by atoms with Gasteiger partial charge in [-0.15, -0.1) is 0 Å². The zero-order valence-electron chi connectivity index (χ0n) is 30.0. The lowest BCUT2D eigenvalue weighted by Crippen LogP contribution is -2.29. The zero-order chi connectivity index (χ0) is 33.7. The van der Waals surface area contributed by atoms with Gasteiger partial charge in [0.05, 0.1) is 46.2 Å². The molecule has 7 nitrogen and oxygen atoms in total. The van der Waals surface area contributed by atoms with E-state index in [2.05, 4.69) is 36.5 Å². The summed E-state index contributed by atoms with van der Waals surface area (Å²) in [7, 11) is 0. The molecule has 1 aliphatic rings. The molecule has 7 heteroatoms. The maximum atomic E-state index is 12.2. The van der Waals surface area contributed by atoms with Crippen molar-refractivity contribution < 1.29 is 28.5 Å². The summed E-state index contributed by atoms with van der Waals surface area (Å²) in [5.41, 5.74) is 4.84. The SMILES string of the molecule is CCCCCCCCCCCCCCCCCCOCCOCCOCCOCCNC(=O)OCC1c2ccccc2-c2ccccc21. The van der Waals surface area contributed by atoms with E-state index in [-0.39, 0.29) is 5.92 Å². The van der Waals surface area contributed by atoms with Gasteiger partial charge in [0, 0.05) is 19.1 Å². The number of carbonyl (C=O) groups excluding carboxylic acids is 1. The van der Waals surface area contributed by atoms with E-state index in [1.807, 2.05) is 24.3 Å². The summed E-state index contributed by atoms with van der Waals surface area (Å²) in [6.07, 6.45) is 21.7. The van der Waals surface area contributed by atoms with Crippen LogP contribution in [-0.2, 0) is 23.7 Å². The number of carbonyl (C=O) groups is 1. The van der Waals surface area contributed by atoms with Crippen molar-refractivity contribution >= 4 is 6.09 Å². The van der Waals surface area contributed by atoms with Gasteiger partial charge >= 0.3 is 6.09 Å². The number of rotatable bonds is 31. The van der Waals surface area contributed by atoms with Crippen LogP contribution in [0.4, 0.5) is 4.79 Å². The van der Waals surface area contributed by atoms with Gasteiger partial charge in [-0.05, 0) is 28.7 Å². The first-order valence-corrected chi connectivity index (χ1v) is 19.2. The summed E-state index contributed by atoms with van der Waals surface area (Å²) in [6.45, 7) is 7.48. The third-order valence-corrected chi connectivity index (χ3v) is 9.12. The van der Waals surface area contributed by atoms with Crippen molar-refractivity contribution in [1.29, 1.82) is 0 Å². The molecule has 1 aliphatic carbocycles. The Morgan fingerprint density at radius 3 is 1.40 bits per heavy atom. The molecule has 2 aromatic carbocycles. The van der Waals surface area contributed by atoms with Crippen LogP contribution < -0.4 is 5.32 Å². The van der Waals surface area contributed by atoms with Crippen LogP contribution in [0.2, 0.25) is 0 Å². The van der Waals surface area contributed by atoms with Gasteiger partial charge in [0.2, 0.25) is 0 Å². The zero-order valence-corrected chi connectivity index (χ0v) is 30.0. The van der Waals surface area contributed by atoms with Crippen LogP contribution in [0.3, 0.4) is 0 Å². The Labute approximate surface area is 291 Å². The molecule has 0 unspecified atom stereocenters. The number of benzene rings is 2. The number of hydrogen-bond donors (Lipinski definition) is 1. The quantitative estimate of drug-likeness (QED) is 0.0807. The van der Waals surface area contributed by atoms with E-state index >= 15 is 0 Å². The highest BCUT2D eigenvalue weighted by Crippen LogP contribution is 2.44. The molecule has 1 N–H and O–H groups in total. The van der Waals surface area contributed by atoms with Gasteiger partial charge in [0.25, 0.3) is 0 Å². The lowest BCUT2D eigenvalue weighted by atomic mass is 9.98. The summed E-state index contributed by atoms with van der Waals surface area (Å²) in [5, 5.41) is 2.77. The van der Waals surface area contributed by atoms with Crippen molar-refractivity contribution in [2.45, 2.75) is 116 Å². The maximum Gasteiger partial charge on any atom is 0.407 e. The van der Waals surface area contributed by atoms with Crippen LogP contribution in [0.5, 0.6) is 0 Å². The van der Waals surface area contributed by atoms with Crippen molar-refractivity contribution in [3.63, 3.8) is 0 Å². The Morgan fingerprint density at radius 1 is 0.521 bits per heavy atom. The minimum Gasteiger partial charge on any atom is -0.449 e. The normalized spacial score (nSPS) is 12.3. The van der Waals surface area contributed by atoms with Crippen molar-refractivity contribution in [1.82, 2.24) is 5.32 Å². The highest BCUT2D eigenvalue weighted by molar-refractivity contribution is 5.79. The molecular weight excluding hydrogens is 602 g/mol. The number of amides is 1. The molecule has 48 heavy (non-hydrogen) atoms. The summed E-state index contributed by atoms with van der Waals surface area (Å²) >= 11 is 0. The van der Waals surface area contributed by atoms with Gasteiger partial charge in [-0.3, -0.25) is 0 Å². The Morgan fingerprint density at radius 2 is 0.917 bits per heavy atom. The predicted molar refractivity (Wildman–Crippen MR) is 196 cm³/mol. The fraction of sp³-hybridized carbons (Fsp3) is 0.683. The molecule has 0 heterocycles. The van der Waals surface area contributed by atoms with Crippen LogP contribution >= 0.6 is 0 Å². The second kappa shape index (κ2) is 27.4. The minimum absolute atomic E-state index is 0.0570. The van der Waals surface area contributed by atoms with E-state index < -0.39 is 6.09 Å². The number of fused-ring (bicyclic) bond motifs is 3. The van der Waals surface area contributed by atoms with Crippen molar-refractivity contribution in [3.8, 4) is 11.1 Å². The Hall–Kier alpha value is -2.45. The monoisotopic (exact) mass is 667 g/mol. The van der Waals surface area contributed by atoms with Crippen LogP contribution in [0, 0.1) is 0 Å². The third-order valence-electron chi connectivity index (χ3n) is 9.12. The van der Waals surface area contributed by atoms with Gasteiger partial charge in [-0.1, -0.05) is 152 Å². The molecule has 0 radical (unpaired) electrons. The van der Waals surface area contributed by atoms with E-state index in [1.165, 1.54) is 119 Å². The van der Waals surface area contributed by atoms with Crippen LogP contribution in [0.1, 0.15) is 127 Å². The summed E-state index contributed by atoms with van der Waals surface area (Å²) < 4.78 is 27.9. The second-order valence-electron chi connectivity index (χ2n) is 13.0. The topological polar surface area (TPSA) is 75.3 Å². The van der Waals surface area contributed by atoms with Gasteiger partial charge in [-0.2, -0.15) is 0 Å². The first kappa shape index (κ1) is 40.0. The van der Waals surface area contributed by atoms with E-state index in [0.29, 0.717) is 59.4 Å². The minimum atomic E-state index is -0.428. The molecule has 0 atom stereocenters. The fourth-order valence-corrected chi connectivity index (χ4v) is 6.39. The van der Waals surface area contributed by atoms with E-state index in [9.17, 15) is 4.79 Å². The molecule has 0 saturated carbocycles. The molecule has 0 saturated heterocycles. The van der Waals surface area contributed by atoms with Crippen molar-refractivity contribution in [2.75, 3.05) is 66.0 Å². The lowest BCUT2D eigenvalue weighted by Gasteiger charge is -2.14. The average molecular weight is 668 g/mol. The summed E-state index contributed by atoms with van der Waals surface area (Å²) in [5.74, 6) is 0.0570. The Bertz CT molecular complexity index is 1030. The first-order valence-electron chi connectivity index (χ1n) is 19.2. The second-order valence-corrected chi connectivity index (χ2v) is 13.0. The first-order chi connectivity index (χ1) is 23.8. The molecule has 1 amide bonds.